The van der Waals surface area contributed by atoms with Gasteiger partial charge in [0.25, 0.3) is 5.91 Å². The molecule has 7 nitrogen and oxygen atoms in total. The molecule has 1 amide bonds. The summed E-state index contributed by atoms with van der Waals surface area (Å²) in [6.07, 6.45) is 0.877. The number of rotatable bonds is 6. The minimum atomic E-state index is -0.565. The quantitative estimate of drug-likeness (QED) is 0.655. The lowest BCUT2D eigenvalue weighted by Gasteiger charge is -2.08. The number of esters is 1. The van der Waals surface area contributed by atoms with Crippen LogP contribution in [0.3, 0.4) is 0 Å². The van der Waals surface area contributed by atoms with Gasteiger partial charge >= 0.3 is 5.97 Å². The number of hydrogen-bond acceptors (Lipinski definition) is 5. The molecule has 2 N–H and O–H groups in total. The topological polar surface area (TPSA) is 97.0 Å². The molecule has 0 spiro atoms. The summed E-state index contributed by atoms with van der Waals surface area (Å²) < 4.78 is 5.08. The highest BCUT2D eigenvalue weighted by atomic mass is 16.5. The van der Waals surface area contributed by atoms with Gasteiger partial charge in [-0.1, -0.05) is 31.2 Å². The second kappa shape index (κ2) is 8.27. The van der Waals surface area contributed by atoms with Crippen molar-refractivity contribution in [3.63, 3.8) is 0 Å². The van der Waals surface area contributed by atoms with Crippen LogP contribution in [0.25, 0.3) is 11.4 Å². The smallest absolute Gasteiger partial charge is 0.338 e. The predicted octanol–water partition coefficient (Wildman–Crippen LogP) is 3.14. The first-order valence-electron chi connectivity index (χ1n) is 8.60. The summed E-state index contributed by atoms with van der Waals surface area (Å²) in [5.41, 5.74) is 2.93. The molecule has 3 rings (SSSR count). The zero-order valence-electron chi connectivity index (χ0n) is 15.2. The van der Waals surface area contributed by atoms with E-state index in [1.54, 1.807) is 30.3 Å². The van der Waals surface area contributed by atoms with Crippen molar-refractivity contribution in [1.29, 1.82) is 0 Å². The van der Waals surface area contributed by atoms with Crippen LogP contribution in [-0.4, -0.2) is 33.7 Å². The maximum Gasteiger partial charge on any atom is 0.338 e. The van der Waals surface area contributed by atoms with E-state index in [0.717, 1.165) is 17.5 Å². The third-order valence-corrected chi connectivity index (χ3v) is 3.93. The Kier molecular flexibility index (Phi) is 5.61. The van der Waals surface area contributed by atoms with Gasteiger partial charge in [-0.15, -0.1) is 0 Å². The van der Waals surface area contributed by atoms with Crippen molar-refractivity contribution in [2.45, 2.75) is 20.3 Å². The van der Waals surface area contributed by atoms with Gasteiger partial charge in [-0.05, 0) is 43.2 Å². The zero-order valence-corrected chi connectivity index (χ0v) is 15.2. The first-order valence-corrected chi connectivity index (χ1v) is 8.60. The molecule has 27 heavy (non-hydrogen) atoms. The molecule has 0 saturated carbocycles. The summed E-state index contributed by atoms with van der Waals surface area (Å²) in [6.45, 7) is 3.50. The Morgan fingerprint density at radius 3 is 2.59 bits per heavy atom. The van der Waals surface area contributed by atoms with Crippen molar-refractivity contribution in [2.24, 2.45) is 0 Å². The first-order chi connectivity index (χ1) is 13.0. The second-order valence-electron chi connectivity index (χ2n) is 6.00. The molecule has 0 aliphatic rings. The lowest BCUT2D eigenvalue weighted by molar-refractivity contribution is -0.119. The SMILES string of the molecule is CCc1cccc(NC(=O)COC(=O)c2ccc(-c3n[nH]c(C)n3)cc2)c1. The Balaban J connectivity index is 1.54. The molecular weight excluding hydrogens is 344 g/mol. The van der Waals surface area contributed by atoms with E-state index in [1.165, 1.54) is 0 Å². The molecule has 3 aromatic rings. The highest BCUT2D eigenvalue weighted by Crippen LogP contribution is 2.16. The van der Waals surface area contributed by atoms with Gasteiger partial charge in [0.05, 0.1) is 5.56 Å². The van der Waals surface area contributed by atoms with E-state index >= 15 is 0 Å². The number of aromatic nitrogens is 3. The summed E-state index contributed by atoms with van der Waals surface area (Å²) in [7, 11) is 0. The highest BCUT2D eigenvalue weighted by Gasteiger charge is 2.12. The highest BCUT2D eigenvalue weighted by molar-refractivity contribution is 5.95. The van der Waals surface area contributed by atoms with Crippen molar-refractivity contribution < 1.29 is 14.3 Å². The number of carbonyl (C=O) groups is 2. The molecule has 0 radical (unpaired) electrons. The number of aryl methyl sites for hydroxylation is 2. The Labute approximate surface area is 156 Å². The van der Waals surface area contributed by atoms with Crippen LogP contribution in [-0.2, 0) is 16.0 Å². The van der Waals surface area contributed by atoms with Crippen molar-refractivity contribution >= 4 is 17.6 Å². The van der Waals surface area contributed by atoms with Crippen LogP contribution < -0.4 is 5.32 Å². The number of aromatic amines is 1. The minimum absolute atomic E-state index is 0.350. The molecule has 0 saturated heterocycles. The fourth-order valence-corrected chi connectivity index (χ4v) is 2.51. The van der Waals surface area contributed by atoms with Gasteiger partial charge in [0.15, 0.2) is 12.4 Å². The molecule has 1 aromatic heterocycles. The molecule has 7 heteroatoms. The summed E-state index contributed by atoms with van der Waals surface area (Å²) in [5.74, 6) is 0.319. The van der Waals surface area contributed by atoms with Gasteiger partial charge < -0.3 is 10.1 Å². The zero-order chi connectivity index (χ0) is 19.2. The van der Waals surface area contributed by atoms with Gasteiger partial charge in [0.2, 0.25) is 0 Å². The molecular formula is C20H20N4O3. The van der Waals surface area contributed by atoms with Gasteiger partial charge in [-0.2, -0.15) is 5.10 Å². The maximum atomic E-state index is 12.1. The van der Waals surface area contributed by atoms with E-state index in [-0.39, 0.29) is 12.5 Å². The van der Waals surface area contributed by atoms with Crippen molar-refractivity contribution in [3.8, 4) is 11.4 Å². The monoisotopic (exact) mass is 364 g/mol. The van der Waals surface area contributed by atoms with E-state index < -0.39 is 5.97 Å². The number of H-pyrrole nitrogens is 1. The number of anilines is 1. The van der Waals surface area contributed by atoms with Crippen LogP contribution in [0.2, 0.25) is 0 Å². The van der Waals surface area contributed by atoms with Crippen LogP contribution in [0.5, 0.6) is 0 Å². The minimum Gasteiger partial charge on any atom is -0.452 e. The average Bonchev–Trinajstić information content (AvgIpc) is 3.12. The molecule has 0 bridgehead atoms. The van der Waals surface area contributed by atoms with Crippen molar-refractivity contribution in [2.75, 3.05) is 11.9 Å². The van der Waals surface area contributed by atoms with Crippen molar-refractivity contribution in [3.05, 3.63) is 65.5 Å². The summed E-state index contributed by atoms with van der Waals surface area (Å²) in [4.78, 5) is 28.3. The lowest BCUT2D eigenvalue weighted by atomic mass is 10.1. The van der Waals surface area contributed by atoms with Crippen LogP contribution >= 0.6 is 0 Å². The Hall–Kier alpha value is -3.48. The fraction of sp³-hybridized carbons (Fsp3) is 0.200. The Bertz CT molecular complexity index is 948. The van der Waals surface area contributed by atoms with E-state index in [1.807, 2.05) is 32.0 Å². The van der Waals surface area contributed by atoms with Crippen LogP contribution in [0.1, 0.15) is 28.7 Å². The molecule has 138 valence electrons. The van der Waals surface area contributed by atoms with Crippen LogP contribution in [0.15, 0.2) is 48.5 Å². The average molecular weight is 364 g/mol. The molecule has 0 atom stereocenters. The van der Waals surface area contributed by atoms with E-state index in [2.05, 4.69) is 20.5 Å². The second-order valence-corrected chi connectivity index (χ2v) is 6.00. The number of nitrogens with one attached hydrogen (secondary N) is 2. The predicted molar refractivity (Wildman–Crippen MR) is 101 cm³/mol. The third kappa shape index (κ3) is 4.78. The standard InChI is InChI=1S/C20H20N4O3/c1-3-14-5-4-6-17(11-14)22-18(25)12-27-20(26)16-9-7-15(8-10-16)19-21-13(2)23-24-19/h4-11H,3,12H2,1-2H3,(H,22,25)(H,21,23,24). The maximum absolute atomic E-state index is 12.1. The van der Waals surface area contributed by atoms with Gasteiger partial charge in [0.1, 0.15) is 5.82 Å². The number of nitrogens with zero attached hydrogens (tertiary/aromatic N) is 2. The fourth-order valence-electron chi connectivity index (χ4n) is 2.51. The molecule has 1 heterocycles. The van der Waals surface area contributed by atoms with E-state index in [0.29, 0.717) is 22.9 Å². The number of amides is 1. The van der Waals surface area contributed by atoms with Crippen LogP contribution in [0, 0.1) is 6.92 Å². The Morgan fingerprint density at radius 2 is 1.93 bits per heavy atom. The molecule has 0 fully saturated rings. The normalized spacial score (nSPS) is 10.4. The number of ether oxygens (including phenoxy) is 1. The summed E-state index contributed by atoms with van der Waals surface area (Å²) in [5, 5.41) is 9.55. The van der Waals surface area contributed by atoms with Gasteiger partial charge in [0, 0.05) is 11.3 Å². The lowest BCUT2D eigenvalue weighted by Crippen LogP contribution is -2.21. The largest absolute Gasteiger partial charge is 0.452 e. The summed E-state index contributed by atoms with van der Waals surface area (Å²) >= 11 is 0. The van der Waals surface area contributed by atoms with E-state index in [4.69, 9.17) is 4.74 Å². The van der Waals surface area contributed by atoms with Crippen LogP contribution in [0.4, 0.5) is 5.69 Å². The van der Waals surface area contributed by atoms with Crippen molar-refractivity contribution in [1.82, 2.24) is 15.2 Å². The third-order valence-electron chi connectivity index (χ3n) is 3.93. The van der Waals surface area contributed by atoms with Gasteiger partial charge in [-0.25, -0.2) is 9.78 Å². The first kappa shape index (κ1) is 18.3. The molecule has 2 aromatic carbocycles. The molecule has 0 aliphatic heterocycles. The van der Waals surface area contributed by atoms with E-state index in [9.17, 15) is 9.59 Å². The molecule has 0 aliphatic carbocycles. The number of benzene rings is 2. The van der Waals surface area contributed by atoms with Gasteiger partial charge in [-0.3, -0.25) is 9.89 Å². The number of carbonyl (C=O) groups excluding carboxylic acids is 2. The summed E-state index contributed by atoms with van der Waals surface area (Å²) in [6, 6.07) is 14.2. The molecule has 0 unspecified atom stereocenters. The number of hydrogen-bond donors (Lipinski definition) is 2. The Morgan fingerprint density at radius 1 is 1.15 bits per heavy atom.